The third-order valence-electron chi connectivity index (χ3n) is 6.27. The zero-order valence-electron chi connectivity index (χ0n) is 23.9. The maximum atomic E-state index is 13.1. The van der Waals surface area contributed by atoms with Gasteiger partial charge in [-0.2, -0.15) is 5.10 Å². The molecule has 1 aromatic heterocycles. The first-order chi connectivity index (χ1) is 20.9. The monoisotopic (exact) mass is 576 g/mol. The molecule has 2 N–H and O–H groups in total. The molecule has 0 fully saturated rings. The molecule has 3 aromatic carbocycles. The summed E-state index contributed by atoms with van der Waals surface area (Å²) in [7, 11) is 0. The van der Waals surface area contributed by atoms with Crippen molar-refractivity contribution in [2.45, 2.75) is 13.8 Å². The van der Waals surface area contributed by atoms with Gasteiger partial charge in [-0.3, -0.25) is 9.59 Å². The van der Waals surface area contributed by atoms with E-state index in [0.717, 1.165) is 24.3 Å². The van der Waals surface area contributed by atoms with Crippen molar-refractivity contribution in [2.75, 3.05) is 18.0 Å². The van der Waals surface area contributed by atoms with Crippen LogP contribution in [0.3, 0.4) is 0 Å². The van der Waals surface area contributed by atoms with Crippen LogP contribution in [-0.2, 0) is 9.59 Å². The van der Waals surface area contributed by atoms with Gasteiger partial charge < -0.3 is 19.4 Å². The fourth-order valence-electron chi connectivity index (χ4n) is 4.01. The van der Waals surface area contributed by atoms with Crippen molar-refractivity contribution in [1.29, 1.82) is 0 Å². The Balaban J connectivity index is 1.42. The molecule has 4 rings (SSSR count). The smallest absolute Gasteiger partial charge is 0.336 e. The molecule has 0 atom stereocenters. The quantitative estimate of drug-likeness (QED) is 0.0739. The van der Waals surface area contributed by atoms with Gasteiger partial charge in [0.05, 0.1) is 12.5 Å². The van der Waals surface area contributed by atoms with Crippen LogP contribution < -0.4 is 20.4 Å². The molecule has 0 saturated carbocycles. The number of nitrogens with one attached hydrogen (secondary N) is 2. The van der Waals surface area contributed by atoms with Crippen molar-refractivity contribution in [3.63, 3.8) is 0 Å². The lowest BCUT2D eigenvalue weighted by Gasteiger charge is -2.20. The molecule has 0 aliphatic heterocycles. The number of hydrogen-bond donors (Lipinski definition) is 2. The van der Waals surface area contributed by atoms with Crippen molar-refractivity contribution >= 4 is 41.8 Å². The Morgan fingerprint density at radius 2 is 1.56 bits per heavy atom. The van der Waals surface area contributed by atoms with Gasteiger partial charge in [-0.15, -0.1) is 0 Å². The van der Waals surface area contributed by atoms with Crippen LogP contribution in [-0.4, -0.2) is 37.1 Å². The number of carbonyl (C=O) groups is 3. The lowest BCUT2D eigenvalue weighted by atomic mass is 10.1. The summed E-state index contributed by atoms with van der Waals surface area (Å²) < 4.78 is 10.4. The van der Waals surface area contributed by atoms with Gasteiger partial charge in [-0.05, 0) is 97.8 Å². The second kappa shape index (κ2) is 15.3. The Bertz CT molecular complexity index is 1590. The zero-order valence-corrected chi connectivity index (χ0v) is 23.9. The van der Waals surface area contributed by atoms with E-state index >= 15 is 0 Å². The normalized spacial score (nSPS) is 11.4. The zero-order chi connectivity index (χ0) is 30.4. The Hall–Kier alpha value is -5.70. The summed E-state index contributed by atoms with van der Waals surface area (Å²) in [6.45, 7) is 5.93. The molecule has 0 unspecified atom stereocenters. The molecule has 9 nitrogen and oxygen atoms in total. The summed E-state index contributed by atoms with van der Waals surface area (Å²) >= 11 is 0. The third-order valence-corrected chi connectivity index (χ3v) is 6.27. The summed E-state index contributed by atoms with van der Waals surface area (Å²) in [5.74, 6) is -0.686. The van der Waals surface area contributed by atoms with Crippen molar-refractivity contribution in [1.82, 2.24) is 10.7 Å². The van der Waals surface area contributed by atoms with E-state index in [1.165, 1.54) is 24.6 Å². The van der Waals surface area contributed by atoms with Crippen LogP contribution in [0.4, 0.5) is 5.69 Å². The number of rotatable bonds is 12. The minimum atomic E-state index is -0.595. The van der Waals surface area contributed by atoms with Gasteiger partial charge in [0.1, 0.15) is 17.2 Å². The van der Waals surface area contributed by atoms with E-state index < -0.39 is 17.8 Å². The lowest BCUT2D eigenvalue weighted by molar-refractivity contribution is -0.129. The highest BCUT2D eigenvalue weighted by atomic mass is 16.5. The number of carbonyl (C=O) groups excluding carboxylic acids is 3. The van der Waals surface area contributed by atoms with Gasteiger partial charge in [0.2, 0.25) is 0 Å². The highest BCUT2D eigenvalue weighted by Gasteiger charge is 2.14. The first kappa shape index (κ1) is 30.3. The van der Waals surface area contributed by atoms with Gasteiger partial charge in [0.15, 0.2) is 0 Å². The topological polar surface area (TPSA) is 113 Å². The molecule has 43 heavy (non-hydrogen) atoms. The van der Waals surface area contributed by atoms with Gasteiger partial charge >= 0.3 is 5.97 Å². The molecule has 218 valence electrons. The number of ether oxygens (including phenoxy) is 1. The van der Waals surface area contributed by atoms with Crippen molar-refractivity contribution in [2.24, 2.45) is 5.10 Å². The van der Waals surface area contributed by atoms with Crippen LogP contribution in [0.1, 0.15) is 41.1 Å². The Labute approximate surface area is 250 Å². The Morgan fingerprint density at radius 3 is 2.21 bits per heavy atom. The average Bonchev–Trinajstić information content (AvgIpc) is 3.56. The maximum absolute atomic E-state index is 13.1. The number of benzene rings is 3. The molecule has 2 amide bonds. The standard InChI is InChI=1S/C34H32N4O5/c1-3-38(4-2)28-16-12-25(13-17-28)23-31(36-33(40)27-9-6-5-7-10-27)34(41)37-35-24-26-14-18-30(19-15-26)43-32(39)21-20-29-11-8-22-42-29/h5-24H,3-4H2,1-2H3,(H,36,40)(H,37,41)/b21-20+,31-23+,35-24-. The first-order valence-corrected chi connectivity index (χ1v) is 13.7. The highest BCUT2D eigenvalue weighted by Crippen LogP contribution is 2.17. The van der Waals surface area contributed by atoms with Crippen molar-refractivity contribution in [3.8, 4) is 5.75 Å². The van der Waals surface area contributed by atoms with Gasteiger partial charge in [0.25, 0.3) is 11.8 Å². The minimum Gasteiger partial charge on any atom is -0.465 e. The highest BCUT2D eigenvalue weighted by molar-refractivity contribution is 6.05. The van der Waals surface area contributed by atoms with Gasteiger partial charge in [-0.1, -0.05) is 30.3 Å². The van der Waals surface area contributed by atoms with E-state index in [1.54, 1.807) is 66.7 Å². The summed E-state index contributed by atoms with van der Waals surface area (Å²) in [5, 5.41) is 6.74. The van der Waals surface area contributed by atoms with E-state index in [2.05, 4.69) is 34.6 Å². The SMILES string of the molecule is CCN(CC)c1ccc(/C=C(/NC(=O)c2ccccc2)C(=O)N/N=C\c2ccc(OC(=O)/C=C/c3ccco3)cc2)cc1. The van der Waals surface area contributed by atoms with Crippen molar-refractivity contribution < 1.29 is 23.5 Å². The second-order valence-corrected chi connectivity index (χ2v) is 9.18. The van der Waals surface area contributed by atoms with Gasteiger partial charge in [0, 0.05) is 30.4 Å². The van der Waals surface area contributed by atoms with Crippen LogP contribution in [0, 0.1) is 0 Å². The predicted molar refractivity (Wildman–Crippen MR) is 167 cm³/mol. The molecule has 0 spiro atoms. The molecular weight excluding hydrogens is 544 g/mol. The number of hydrazone groups is 1. The van der Waals surface area contributed by atoms with Crippen LogP contribution in [0.15, 0.2) is 119 Å². The van der Waals surface area contributed by atoms with E-state index in [-0.39, 0.29) is 5.70 Å². The fourth-order valence-corrected chi connectivity index (χ4v) is 4.01. The Kier molecular flexibility index (Phi) is 10.8. The Morgan fingerprint density at radius 1 is 0.860 bits per heavy atom. The molecule has 0 bridgehead atoms. The average molecular weight is 577 g/mol. The number of nitrogens with zero attached hydrogens (tertiary/aromatic N) is 2. The van der Waals surface area contributed by atoms with Gasteiger partial charge in [-0.25, -0.2) is 10.2 Å². The van der Waals surface area contributed by atoms with Crippen LogP contribution in [0.2, 0.25) is 0 Å². The third kappa shape index (κ3) is 9.15. The summed E-state index contributed by atoms with van der Waals surface area (Å²) in [5.41, 5.74) is 5.37. The largest absolute Gasteiger partial charge is 0.465 e. The van der Waals surface area contributed by atoms with E-state index in [0.29, 0.717) is 22.6 Å². The number of esters is 1. The number of amides is 2. The first-order valence-electron chi connectivity index (χ1n) is 13.7. The lowest BCUT2D eigenvalue weighted by Crippen LogP contribution is -2.32. The molecule has 9 heteroatoms. The summed E-state index contributed by atoms with van der Waals surface area (Å²) in [6.07, 6.45) is 7.33. The van der Waals surface area contributed by atoms with E-state index in [1.807, 2.05) is 30.3 Å². The van der Waals surface area contributed by atoms with E-state index in [4.69, 9.17) is 9.15 Å². The minimum absolute atomic E-state index is 0.0338. The number of hydrogen-bond acceptors (Lipinski definition) is 7. The van der Waals surface area contributed by atoms with Crippen LogP contribution in [0.25, 0.3) is 12.2 Å². The molecular formula is C34H32N4O5. The molecule has 0 radical (unpaired) electrons. The summed E-state index contributed by atoms with van der Waals surface area (Å²) in [6, 6.07) is 26.4. The second-order valence-electron chi connectivity index (χ2n) is 9.18. The molecule has 4 aromatic rings. The molecule has 1 heterocycles. The number of anilines is 1. The predicted octanol–water partition coefficient (Wildman–Crippen LogP) is 5.67. The van der Waals surface area contributed by atoms with Crippen molar-refractivity contribution in [3.05, 3.63) is 131 Å². The fraction of sp³-hybridized carbons (Fsp3) is 0.118. The molecule has 0 aliphatic carbocycles. The maximum Gasteiger partial charge on any atom is 0.336 e. The molecule has 0 saturated heterocycles. The summed E-state index contributed by atoms with van der Waals surface area (Å²) in [4.78, 5) is 40.2. The van der Waals surface area contributed by atoms with E-state index in [9.17, 15) is 14.4 Å². The number of furan rings is 1. The molecule has 0 aliphatic rings. The van der Waals surface area contributed by atoms with Crippen LogP contribution in [0.5, 0.6) is 5.75 Å². The van der Waals surface area contributed by atoms with Crippen LogP contribution >= 0.6 is 0 Å².